The van der Waals surface area contributed by atoms with Crippen LogP contribution in [-0.4, -0.2) is 17.1 Å². The molecule has 1 aromatic heterocycles. The summed E-state index contributed by atoms with van der Waals surface area (Å²) >= 11 is 5.58. The van der Waals surface area contributed by atoms with Crippen LogP contribution in [0.4, 0.5) is 0 Å². The van der Waals surface area contributed by atoms with Crippen molar-refractivity contribution < 1.29 is 4.74 Å². The number of benzene rings is 1. The SMILES string of the molecule is Cn1c(=O)ccc2cc(OCCCCl)ccc21. The van der Waals surface area contributed by atoms with Crippen molar-refractivity contribution in [1.82, 2.24) is 4.57 Å². The number of aromatic nitrogens is 1. The molecule has 0 fully saturated rings. The maximum Gasteiger partial charge on any atom is 0.250 e. The van der Waals surface area contributed by atoms with E-state index in [4.69, 9.17) is 16.3 Å². The molecule has 17 heavy (non-hydrogen) atoms. The van der Waals surface area contributed by atoms with E-state index in [1.54, 1.807) is 17.7 Å². The predicted octanol–water partition coefficient (Wildman–Crippen LogP) is 2.55. The van der Waals surface area contributed by atoms with Crippen LogP contribution < -0.4 is 10.3 Å². The number of nitrogens with zero attached hydrogens (tertiary/aromatic N) is 1. The zero-order valence-corrected chi connectivity index (χ0v) is 10.4. The summed E-state index contributed by atoms with van der Waals surface area (Å²) in [5.41, 5.74) is 0.899. The Hall–Kier alpha value is -1.48. The number of rotatable bonds is 4. The van der Waals surface area contributed by atoms with E-state index in [0.717, 1.165) is 23.1 Å². The smallest absolute Gasteiger partial charge is 0.250 e. The van der Waals surface area contributed by atoms with E-state index in [2.05, 4.69) is 0 Å². The Labute approximate surface area is 105 Å². The number of aryl methyl sites for hydroxylation is 1. The van der Waals surface area contributed by atoms with Crippen molar-refractivity contribution in [3.05, 3.63) is 40.7 Å². The third-order valence-corrected chi connectivity index (χ3v) is 2.91. The molecule has 0 radical (unpaired) electrons. The lowest BCUT2D eigenvalue weighted by atomic mass is 10.2. The minimum absolute atomic E-state index is 0.00620. The van der Waals surface area contributed by atoms with Gasteiger partial charge in [-0.05, 0) is 30.7 Å². The van der Waals surface area contributed by atoms with E-state index in [9.17, 15) is 4.79 Å². The van der Waals surface area contributed by atoms with Crippen molar-refractivity contribution >= 4 is 22.5 Å². The zero-order valence-electron chi connectivity index (χ0n) is 9.65. The maximum absolute atomic E-state index is 11.4. The van der Waals surface area contributed by atoms with Gasteiger partial charge in [0, 0.05) is 24.4 Å². The van der Waals surface area contributed by atoms with Gasteiger partial charge in [-0.15, -0.1) is 11.6 Å². The Bertz CT molecular complexity index is 577. The van der Waals surface area contributed by atoms with E-state index in [0.29, 0.717) is 12.5 Å². The lowest BCUT2D eigenvalue weighted by Crippen LogP contribution is -2.14. The monoisotopic (exact) mass is 251 g/mol. The van der Waals surface area contributed by atoms with Crippen LogP contribution in [0.1, 0.15) is 6.42 Å². The second-order valence-electron chi connectivity index (χ2n) is 3.84. The molecule has 0 aliphatic heterocycles. The zero-order chi connectivity index (χ0) is 12.3. The van der Waals surface area contributed by atoms with Crippen molar-refractivity contribution in [1.29, 1.82) is 0 Å². The highest BCUT2D eigenvalue weighted by Gasteiger charge is 2.01. The number of ether oxygens (including phenoxy) is 1. The van der Waals surface area contributed by atoms with Crippen LogP contribution in [0, 0.1) is 0 Å². The number of hydrogen-bond donors (Lipinski definition) is 0. The van der Waals surface area contributed by atoms with Crippen LogP contribution in [0.25, 0.3) is 10.9 Å². The van der Waals surface area contributed by atoms with Crippen molar-refractivity contribution in [2.75, 3.05) is 12.5 Å². The molecule has 0 unspecified atom stereocenters. The fraction of sp³-hybridized carbons (Fsp3) is 0.308. The molecular formula is C13H14ClNO2. The second kappa shape index (κ2) is 5.23. The summed E-state index contributed by atoms with van der Waals surface area (Å²) in [6.07, 6.45) is 0.826. The van der Waals surface area contributed by atoms with Crippen LogP contribution in [0.5, 0.6) is 5.75 Å². The average Bonchev–Trinajstić information content (AvgIpc) is 2.34. The van der Waals surface area contributed by atoms with Gasteiger partial charge in [-0.1, -0.05) is 0 Å². The summed E-state index contributed by atoms with van der Waals surface area (Å²) in [6.45, 7) is 0.612. The van der Waals surface area contributed by atoms with Crippen molar-refractivity contribution in [3.8, 4) is 5.75 Å². The number of pyridine rings is 1. The molecular weight excluding hydrogens is 238 g/mol. The van der Waals surface area contributed by atoms with Gasteiger partial charge in [0.2, 0.25) is 0 Å². The van der Waals surface area contributed by atoms with Crippen LogP contribution >= 0.6 is 11.6 Å². The summed E-state index contributed by atoms with van der Waals surface area (Å²) in [7, 11) is 1.76. The molecule has 3 nitrogen and oxygen atoms in total. The van der Waals surface area contributed by atoms with Gasteiger partial charge in [0.25, 0.3) is 5.56 Å². The highest BCUT2D eigenvalue weighted by atomic mass is 35.5. The number of fused-ring (bicyclic) bond motifs is 1. The van der Waals surface area contributed by atoms with Crippen LogP contribution in [0.3, 0.4) is 0 Å². The normalized spacial score (nSPS) is 10.7. The molecule has 2 aromatic rings. The highest BCUT2D eigenvalue weighted by Crippen LogP contribution is 2.19. The van der Waals surface area contributed by atoms with E-state index >= 15 is 0 Å². The van der Waals surface area contributed by atoms with Crippen molar-refractivity contribution in [2.45, 2.75) is 6.42 Å². The van der Waals surface area contributed by atoms with Crippen molar-refractivity contribution in [3.63, 3.8) is 0 Å². The first kappa shape index (κ1) is 12.0. The molecule has 0 spiro atoms. The minimum atomic E-state index is -0.00620. The lowest BCUT2D eigenvalue weighted by Gasteiger charge is -2.08. The van der Waals surface area contributed by atoms with E-state index in [-0.39, 0.29) is 5.56 Å². The molecule has 0 aliphatic carbocycles. The van der Waals surface area contributed by atoms with Gasteiger partial charge in [-0.2, -0.15) is 0 Å². The second-order valence-corrected chi connectivity index (χ2v) is 4.22. The molecule has 0 saturated carbocycles. The molecule has 0 N–H and O–H groups in total. The summed E-state index contributed by atoms with van der Waals surface area (Å²) < 4.78 is 7.18. The molecule has 4 heteroatoms. The molecule has 0 bridgehead atoms. The molecule has 0 saturated heterocycles. The Balaban J connectivity index is 2.32. The van der Waals surface area contributed by atoms with E-state index < -0.39 is 0 Å². The summed E-state index contributed by atoms with van der Waals surface area (Å²) in [6, 6.07) is 9.07. The Morgan fingerprint density at radius 1 is 1.29 bits per heavy atom. The topological polar surface area (TPSA) is 31.2 Å². The summed E-state index contributed by atoms with van der Waals surface area (Å²) in [4.78, 5) is 11.4. The quantitative estimate of drug-likeness (QED) is 0.618. The van der Waals surface area contributed by atoms with Crippen LogP contribution in [0.2, 0.25) is 0 Å². The fourth-order valence-corrected chi connectivity index (χ4v) is 1.81. The molecule has 0 aliphatic rings. The minimum Gasteiger partial charge on any atom is -0.494 e. The standard InChI is InChI=1S/C13H14ClNO2/c1-15-12-5-4-11(17-8-2-7-14)9-10(12)3-6-13(15)16/h3-6,9H,2,7-8H2,1H3. The summed E-state index contributed by atoms with van der Waals surface area (Å²) in [5.74, 6) is 1.41. The number of hydrogen-bond acceptors (Lipinski definition) is 2. The fourth-order valence-electron chi connectivity index (χ4n) is 1.70. The maximum atomic E-state index is 11.4. The Morgan fingerprint density at radius 3 is 2.88 bits per heavy atom. The molecule has 0 atom stereocenters. The van der Waals surface area contributed by atoms with Gasteiger partial charge in [-0.3, -0.25) is 4.79 Å². The third kappa shape index (κ3) is 2.61. The van der Waals surface area contributed by atoms with Gasteiger partial charge >= 0.3 is 0 Å². The predicted molar refractivity (Wildman–Crippen MR) is 70.0 cm³/mol. The lowest BCUT2D eigenvalue weighted by molar-refractivity contribution is 0.319. The molecule has 0 amide bonds. The molecule has 1 heterocycles. The number of halogens is 1. The molecule has 90 valence electrons. The number of alkyl halides is 1. The summed E-state index contributed by atoms with van der Waals surface area (Å²) in [5, 5.41) is 0.996. The molecule has 1 aromatic carbocycles. The average molecular weight is 252 g/mol. The van der Waals surface area contributed by atoms with Crippen LogP contribution in [0.15, 0.2) is 35.1 Å². The highest BCUT2D eigenvalue weighted by molar-refractivity contribution is 6.17. The first-order valence-corrected chi connectivity index (χ1v) is 6.04. The molecule has 2 rings (SSSR count). The van der Waals surface area contributed by atoms with Gasteiger partial charge in [0.05, 0.1) is 12.1 Å². The first-order chi connectivity index (χ1) is 8.22. The third-order valence-electron chi connectivity index (χ3n) is 2.64. The van der Waals surface area contributed by atoms with Gasteiger partial charge < -0.3 is 9.30 Å². The van der Waals surface area contributed by atoms with Crippen molar-refractivity contribution in [2.24, 2.45) is 7.05 Å². The Kier molecular flexibility index (Phi) is 3.69. The van der Waals surface area contributed by atoms with E-state index in [1.807, 2.05) is 24.3 Å². The Morgan fingerprint density at radius 2 is 2.12 bits per heavy atom. The van der Waals surface area contributed by atoms with Gasteiger partial charge in [0.1, 0.15) is 5.75 Å². The van der Waals surface area contributed by atoms with Gasteiger partial charge in [-0.25, -0.2) is 0 Å². The largest absolute Gasteiger partial charge is 0.494 e. The van der Waals surface area contributed by atoms with Gasteiger partial charge in [0.15, 0.2) is 0 Å². The van der Waals surface area contributed by atoms with E-state index in [1.165, 1.54) is 0 Å². The first-order valence-electron chi connectivity index (χ1n) is 5.51. The van der Waals surface area contributed by atoms with Crippen LogP contribution in [-0.2, 0) is 7.05 Å².